The summed E-state index contributed by atoms with van der Waals surface area (Å²) in [5, 5.41) is 3.61. The first kappa shape index (κ1) is 11.3. The molecule has 0 fully saturated rings. The number of nitrogens with two attached hydrogens (primary N) is 1. The lowest BCUT2D eigenvalue weighted by atomic mass is 10.2. The first-order chi connectivity index (χ1) is 6.38. The number of nitrogens with zero attached hydrogens (tertiary/aromatic N) is 2. The molecule has 1 unspecified atom stereocenters. The summed E-state index contributed by atoms with van der Waals surface area (Å²) in [6, 6.07) is -2.09. The van der Waals surface area contributed by atoms with Gasteiger partial charge in [0, 0.05) is 6.54 Å². The summed E-state index contributed by atoms with van der Waals surface area (Å²) >= 11 is 5.56. The van der Waals surface area contributed by atoms with Gasteiger partial charge in [-0.2, -0.15) is 18.3 Å². The molecule has 1 rings (SSSR count). The van der Waals surface area contributed by atoms with Crippen LogP contribution in [-0.2, 0) is 6.54 Å². The van der Waals surface area contributed by atoms with Gasteiger partial charge in [0.05, 0.1) is 16.9 Å². The number of halogens is 4. The van der Waals surface area contributed by atoms with Gasteiger partial charge in [0.15, 0.2) is 0 Å². The average Bonchev–Trinajstić information content (AvgIpc) is 2.43. The van der Waals surface area contributed by atoms with Crippen molar-refractivity contribution in [1.29, 1.82) is 0 Å². The lowest BCUT2D eigenvalue weighted by Gasteiger charge is -2.17. The molecule has 80 valence electrons. The normalized spacial score (nSPS) is 14.4. The molecule has 0 spiro atoms. The number of aryl methyl sites for hydroxylation is 1. The fourth-order valence-corrected chi connectivity index (χ4v) is 1.35. The summed E-state index contributed by atoms with van der Waals surface area (Å²) in [6.07, 6.45) is -3.34. The van der Waals surface area contributed by atoms with E-state index >= 15 is 0 Å². The number of alkyl halides is 3. The fraction of sp³-hybridized carbons (Fsp3) is 0.571. The highest BCUT2D eigenvalue weighted by Gasteiger charge is 2.41. The standard InChI is InChI=1S/C7H9ClF3N3/c1-2-14-5(4(8)3-13-14)6(12)7(9,10)11/h3,6H,2,12H2,1H3. The SMILES string of the molecule is CCn1ncc(Cl)c1C(N)C(F)(F)F. The molecule has 0 radical (unpaired) electrons. The van der Waals surface area contributed by atoms with E-state index in [1.54, 1.807) is 6.92 Å². The average molecular weight is 228 g/mol. The smallest absolute Gasteiger partial charge is 0.315 e. The number of aromatic nitrogens is 2. The molecule has 0 aromatic carbocycles. The van der Waals surface area contributed by atoms with Crippen molar-refractivity contribution in [2.75, 3.05) is 0 Å². The second-order valence-corrected chi connectivity index (χ2v) is 3.12. The Bertz CT molecular complexity index is 320. The van der Waals surface area contributed by atoms with Crippen LogP contribution in [0.25, 0.3) is 0 Å². The van der Waals surface area contributed by atoms with Crippen LogP contribution in [0.3, 0.4) is 0 Å². The van der Waals surface area contributed by atoms with Crippen LogP contribution in [-0.4, -0.2) is 16.0 Å². The monoisotopic (exact) mass is 227 g/mol. The van der Waals surface area contributed by atoms with Gasteiger partial charge in [-0.1, -0.05) is 11.6 Å². The largest absolute Gasteiger partial charge is 0.409 e. The van der Waals surface area contributed by atoms with E-state index in [4.69, 9.17) is 17.3 Å². The molecule has 0 saturated heterocycles. The summed E-state index contributed by atoms with van der Waals surface area (Å²) in [7, 11) is 0. The minimum absolute atomic E-state index is 0.0586. The third-order valence-corrected chi connectivity index (χ3v) is 2.07. The molecule has 1 atom stereocenters. The predicted octanol–water partition coefficient (Wildman–Crippen LogP) is 2.12. The molecule has 14 heavy (non-hydrogen) atoms. The van der Waals surface area contributed by atoms with E-state index < -0.39 is 12.2 Å². The van der Waals surface area contributed by atoms with Crippen molar-refractivity contribution in [1.82, 2.24) is 9.78 Å². The maximum absolute atomic E-state index is 12.3. The Morgan fingerprint density at radius 1 is 1.64 bits per heavy atom. The first-order valence-electron chi connectivity index (χ1n) is 3.91. The summed E-state index contributed by atoms with van der Waals surface area (Å²) in [4.78, 5) is 0. The third-order valence-electron chi connectivity index (χ3n) is 1.78. The molecule has 0 aliphatic heterocycles. The zero-order chi connectivity index (χ0) is 10.9. The highest BCUT2D eigenvalue weighted by Crippen LogP contribution is 2.33. The molecule has 0 aliphatic rings. The van der Waals surface area contributed by atoms with Gasteiger partial charge in [-0.25, -0.2) is 0 Å². The third kappa shape index (κ3) is 2.01. The molecule has 0 bridgehead atoms. The first-order valence-corrected chi connectivity index (χ1v) is 4.29. The summed E-state index contributed by atoms with van der Waals surface area (Å²) in [5.41, 5.74) is 4.83. The van der Waals surface area contributed by atoms with Crippen molar-refractivity contribution in [2.24, 2.45) is 5.73 Å². The molecular formula is C7H9ClF3N3. The van der Waals surface area contributed by atoms with E-state index in [2.05, 4.69) is 5.10 Å². The number of hydrogen-bond donors (Lipinski definition) is 1. The Labute approximate surface area is 83.6 Å². The van der Waals surface area contributed by atoms with Gasteiger partial charge in [0.25, 0.3) is 0 Å². The van der Waals surface area contributed by atoms with E-state index in [-0.39, 0.29) is 10.7 Å². The minimum atomic E-state index is -4.50. The van der Waals surface area contributed by atoms with Crippen molar-refractivity contribution in [3.63, 3.8) is 0 Å². The van der Waals surface area contributed by atoms with E-state index in [9.17, 15) is 13.2 Å². The van der Waals surface area contributed by atoms with Crippen LogP contribution in [0.1, 0.15) is 18.7 Å². The molecule has 1 aromatic heterocycles. The molecule has 7 heteroatoms. The zero-order valence-electron chi connectivity index (χ0n) is 7.35. The van der Waals surface area contributed by atoms with Gasteiger partial charge in [-0.05, 0) is 6.92 Å². The van der Waals surface area contributed by atoms with Gasteiger partial charge < -0.3 is 5.73 Å². The van der Waals surface area contributed by atoms with Gasteiger partial charge in [-0.3, -0.25) is 4.68 Å². The molecule has 3 nitrogen and oxygen atoms in total. The summed E-state index contributed by atoms with van der Waals surface area (Å²) < 4.78 is 38.0. The molecule has 0 saturated carbocycles. The molecule has 1 aromatic rings. The second kappa shape index (κ2) is 3.78. The van der Waals surface area contributed by atoms with Crippen LogP contribution in [0.5, 0.6) is 0 Å². The maximum atomic E-state index is 12.3. The quantitative estimate of drug-likeness (QED) is 0.841. The minimum Gasteiger partial charge on any atom is -0.315 e. The summed E-state index contributed by atoms with van der Waals surface area (Å²) in [6.45, 7) is 1.96. The highest BCUT2D eigenvalue weighted by atomic mass is 35.5. The van der Waals surface area contributed by atoms with Gasteiger partial charge in [-0.15, -0.1) is 0 Å². The Morgan fingerprint density at radius 3 is 2.64 bits per heavy atom. The van der Waals surface area contributed by atoms with Crippen molar-refractivity contribution in [3.8, 4) is 0 Å². The molecule has 0 aliphatic carbocycles. The van der Waals surface area contributed by atoms with Crippen LogP contribution in [0, 0.1) is 0 Å². The van der Waals surface area contributed by atoms with Crippen LogP contribution >= 0.6 is 11.6 Å². The van der Waals surface area contributed by atoms with E-state index in [1.807, 2.05) is 0 Å². The second-order valence-electron chi connectivity index (χ2n) is 2.71. The topological polar surface area (TPSA) is 43.8 Å². The lowest BCUT2D eigenvalue weighted by Crippen LogP contribution is -2.31. The van der Waals surface area contributed by atoms with Crippen molar-refractivity contribution < 1.29 is 13.2 Å². The molecular weight excluding hydrogens is 219 g/mol. The fourth-order valence-electron chi connectivity index (χ4n) is 1.09. The number of rotatable bonds is 2. The Kier molecular flexibility index (Phi) is 3.06. The van der Waals surface area contributed by atoms with E-state index in [0.29, 0.717) is 6.54 Å². The Hall–Kier alpha value is -0.750. The number of hydrogen-bond acceptors (Lipinski definition) is 2. The van der Waals surface area contributed by atoms with Crippen LogP contribution in [0.2, 0.25) is 5.02 Å². The maximum Gasteiger partial charge on any atom is 0.409 e. The molecule has 0 amide bonds. The lowest BCUT2D eigenvalue weighted by molar-refractivity contribution is -0.150. The molecule has 2 N–H and O–H groups in total. The van der Waals surface area contributed by atoms with E-state index in [0.717, 1.165) is 10.9 Å². The molecule has 1 heterocycles. The van der Waals surface area contributed by atoms with Crippen molar-refractivity contribution >= 4 is 11.6 Å². The van der Waals surface area contributed by atoms with Crippen LogP contribution in [0.4, 0.5) is 13.2 Å². The zero-order valence-corrected chi connectivity index (χ0v) is 8.10. The van der Waals surface area contributed by atoms with Gasteiger partial charge >= 0.3 is 6.18 Å². The Balaban J connectivity index is 3.11. The predicted molar refractivity (Wildman–Crippen MR) is 45.9 cm³/mol. The van der Waals surface area contributed by atoms with Crippen LogP contribution < -0.4 is 5.73 Å². The van der Waals surface area contributed by atoms with Crippen molar-refractivity contribution in [3.05, 3.63) is 16.9 Å². The van der Waals surface area contributed by atoms with Gasteiger partial charge in [0.2, 0.25) is 0 Å². The highest BCUT2D eigenvalue weighted by molar-refractivity contribution is 6.31. The van der Waals surface area contributed by atoms with Gasteiger partial charge in [0.1, 0.15) is 6.04 Å². The Morgan fingerprint density at radius 2 is 2.21 bits per heavy atom. The summed E-state index contributed by atoms with van der Waals surface area (Å²) in [5.74, 6) is 0. The van der Waals surface area contributed by atoms with Crippen molar-refractivity contribution in [2.45, 2.75) is 25.7 Å². The van der Waals surface area contributed by atoms with Crippen LogP contribution in [0.15, 0.2) is 6.20 Å². The van der Waals surface area contributed by atoms with E-state index in [1.165, 1.54) is 0 Å².